The Kier molecular flexibility index (Phi) is 6.53. The topological polar surface area (TPSA) is 107 Å². The highest BCUT2D eigenvalue weighted by Gasteiger charge is 2.83. The zero-order valence-corrected chi connectivity index (χ0v) is 25.8. The van der Waals surface area contributed by atoms with E-state index in [-0.39, 0.29) is 17.2 Å². The van der Waals surface area contributed by atoms with E-state index < -0.39 is 45.1 Å². The van der Waals surface area contributed by atoms with Crippen molar-refractivity contribution in [3.05, 3.63) is 172 Å². The average Bonchev–Trinajstić information content (AvgIpc) is 3.64. The van der Waals surface area contributed by atoms with Gasteiger partial charge in [0.05, 0.1) is 40.8 Å². The molecular formula is C40H28N2O6. The standard InChI is InChI=1S/C40H28N2O6/c1-48-29-22-23-30(31(24-29)42(46)47)41-36(43)34-35(37(41)44)40(28-20-12-5-13-21-28)33(26-16-8-3-9-17-26)32(25-14-6-2-7-15-25)39(34,38(40)45)27-18-10-4-11-19-27/h2-24,34-35H,1H3/t34-,35+,39-,40-/m0/s1. The number of anilines is 1. The Labute approximate surface area is 276 Å². The highest BCUT2D eigenvalue weighted by atomic mass is 16.6. The second kappa shape index (κ2) is 10.7. The molecule has 0 unspecified atom stereocenters. The van der Waals surface area contributed by atoms with E-state index >= 15 is 14.4 Å². The van der Waals surface area contributed by atoms with Gasteiger partial charge in [-0.15, -0.1) is 0 Å². The minimum Gasteiger partial charge on any atom is -0.496 e. The van der Waals surface area contributed by atoms with E-state index in [0.717, 1.165) is 16.0 Å². The fraction of sp³-hybridized carbons (Fsp3) is 0.125. The quantitative estimate of drug-likeness (QED) is 0.111. The predicted molar refractivity (Wildman–Crippen MR) is 180 cm³/mol. The van der Waals surface area contributed by atoms with Crippen LogP contribution in [0.5, 0.6) is 5.75 Å². The molecule has 0 radical (unpaired) electrons. The lowest BCUT2D eigenvalue weighted by molar-refractivity contribution is -0.384. The van der Waals surface area contributed by atoms with E-state index in [2.05, 4.69) is 0 Å². The molecule has 2 aliphatic carbocycles. The van der Waals surface area contributed by atoms with Crippen LogP contribution in [0, 0.1) is 22.0 Å². The van der Waals surface area contributed by atoms with E-state index in [0.29, 0.717) is 22.3 Å². The van der Waals surface area contributed by atoms with Crippen LogP contribution in [0.25, 0.3) is 11.1 Å². The lowest BCUT2D eigenvalue weighted by Crippen LogP contribution is -2.45. The molecule has 234 valence electrons. The number of fused-ring (bicyclic) bond motifs is 5. The van der Waals surface area contributed by atoms with Crippen molar-refractivity contribution in [2.45, 2.75) is 10.8 Å². The second-order valence-electron chi connectivity index (χ2n) is 12.2. The van der Waals surface area contributed by atoms with Gasteiger partial charge in [0.1, 0.15) is 11.4 Å². The van der Waals surface area contributed by atoms with Crippen molar-refractivity contribution >= 4 is 40.1 Å². The summed E-state index contributed by atoms with van der Waals surface area (Å²) >= 11 is 0. The van der Waals surface area contributed by atoms with Gasteiger partial charge in [0.25, 0.3) is 5.69 Å². The molecule has 2 fully saturated rings. The molecule has 5 aromatic rings. The summed E-state index contributed by atoms with van der Waals surface area (Å²) in [6.07, 6.45) is 0. The summed E-state index contributed by atoms with van der Waals surface area (Å²) < 4.78 is 5.24. The van der Waals surface area contributed by atoms with Crippen molar-refractivity contribution in [1.29, 1.82) is 0 Å². The van der Waals surface area contributed by atoms with Gasteiger partial charge in [-0.3, -0.25) is 24.5 Å². The Morgan fingerprint density at radius 3 is 1.44 bits per heavy atom. The number of methoxy groups -OCH3 is 1. The van der Waals surface area contributed by atoms with Crippen LogP contribution in [0.3, 0.4) is 0 Å². The number of carbonyl (C=O) groups excluding carboxylic acids is 3. The molecule has 1 aliphatic heterocycles. The summed E-state index contributed by atoms with van der Waals surface area (Å²) in [6.45, 7) is 0. The molecule has 2 bridgehead atoms. The maximum absolute atomic E-state index is 15.9. The molecule has 48 heavy (non-hydrogen) atoms. The summed E-state index contributed by atoms with van der Waals surface area (Å²) in [5, 5.41) is 12.4. The molecule has 1 saturated heterocycles. The molecule has 8 heteroatoms. The number of nitrogens with zero attached hydrogens (tertiary/aromatic N) is 2. The van der Waals surface area contributed by atoms with Gasteiger partial charge in [-0.05, 0) is 45.5 Å². The van der Waals surface area contributed by atoms with Crippen molar-refractivity contribution in [2.24, 2.45) is 11.8 Å². The first-order valence-corrected chi connectivity index (χ1v) is 15.6. The molecule has 1 heterocycles. The van der Waals surface area contributed by atoms with Crippen LogP contribution < -0.4 is 9.64 Å². The number of ketones is 1. The van der Waals surface area contributed by atoms with E-state index in [1.807, 2.05) is 121 Å². The fourth-order valence-electron chi connectivity index (χ4n) is 8.54. The summed E-state index contributed by atoms with van der Waals surface area (Å²) in [7, 11) is 1.38. The van der Waals surface area contributed by atoms with Crippen LogP contribution in [-0.4, -0.2) is 29.6 Å². The largest absolute Gasteiger partial charge is 0.496 e. The van der Waals surface area contributed by atoms with Crippen molar-refractivity contribution in [2.75, 3.05) is 12.0 Å². The summed E-state index contributed by atoms with van der Waals surface area (Å²) in [4.78, 5) is 58.8. The summed E-state index contributed by atoms with van der Waals surface area (Å²) in [6, 6.07) is 41.4. The minimum atomic E-state index is -1.60. The predicted octanol–water partition coefficient (Wildman–Crippen LogP) is 6.79. The minimum absolute atomic E-state index is 0.161. The van der Waals surface area contributed by atoms with E-state index in [1.54, 1.807) is 0 Å². The number of nitro groups is 1. The van der Waals surface area contributed by atoms with Gasteiger partial charge >= 0.3 is 0 Å². The average molecular weight is 633 g/mol. The number of benzene rings is 5. The Morgan fingerprint density at radius 1 is 0.625 bits per heavy atom. The number of rotatable bonds is 7. The number of Topliss-reactive ketones (excluding diaryl/α,β-unsaturated/α-hetero) is 1. The Balaban J connectivity index is 1.53. The first-order chi connectivity index (χ1) is 23.4. The van der Waals surface area contributed by atoms with Crippen LogP contribution in [0.15, 0.2) is 140 Å². The molecule has 0 aromatic heterocycles. The zero-order chi connectivity index (χ0) is 33.2. The number of imide groups is 1. The van der Waals surface area contributed by atoms with Gasteiger partial charge in [-0.1, -0.05) is 121 Å². The number of amides is 2. The molecule has 5 aromatic carbocycles. The highest BCUT2D eigenvalue weighted by molar-refractivity contribution is 6.39. The van der Waals surface area contributed by atoms with Crippen LogP contribution in [0.2, 0.25) is 0 Å². The third kappa shape index (κ3) is 3.62. The SMILES string of the molecule is COc1ccc(N2C(=O)[C@@H]3[C@H](C2=O)[C@@]2(c4ccccc4)C(=O)[C@@]3(c3ccccc3)C(c3ccccc3)=C2c2ccccc2)c([N+](=O)[O-])c1. The van der Waals surface area contributed by atoms with Crippen molar-refractivity contribution < 1.29 is 24.0 Å². The van der Waals surface area contributed by atoms with Crippen molar-refractivity contribution in [1.82, 2.24) is 0 Å². The second-order valence-corrected chi connectivity index (χ2v) is 12.2. The smallest absolute Gasteiger partial charge is 0.297 e. The third-order valence-corrected chi connectivity index (χ3v) is 10.2. The monoisotopic (exact) mass is 632 g/mol. The van der Waals surface area contributed by atoms with Crippen LogP contribution in [0.1, 0.15) is 22.3 Å². The van der Waals surface area contributed by atoms with Gasteiger partial charge in [0.2, 0.25) is 11.8 Å². The van der Waals surface area contributed by atoms with Gasteiger partial charge in [-0.25, -0.2) is 4.90 Å². The maximum Gasteiger partial charge on any atom is 0.297 e. The number of hydrogen-bond donors (Lipinski definition) is 0. The van der Waals surface area contributed by atoms with Gasteiger partial charge in [0, 0.05) is 0 Å². The molecule has 8 rings (SSSR count). The molecular weight excluding hydrogens is 604 g/mol. The number of carbonyl (C=O) groups is 3. The zero-order valence-electron chi connectivity index (χ0n) is 25.8. The molecule has 1 saturated carbocycles. The lowest BCUT2D eigenvalue weighted by atomic mass is 9.59. The maximum atomic E-state index is 15.9. The van der Waals surface area contributed by atoms with E-state index in [1.165, 1.54) is 25.3 Å². The molecule has 8 nitrogen and oxygen atoms in total. The van der Waals surface area contributed by atoms with E-state index in [9.17, 15) is 10.1 Å². The fourth-order valence-corrected chi connectivity index (χ4v) is 8.54. The van der Waals surface area contributed by atoms with Crippen LogP contribution in [0.4, 0.5) is 11.4 Å². The number of nitro benzene ring substituents is 1. The van der Waals surface area contributed by atoms with Crippen LogP contribution >= 0.6 is 0 Å². The number of allylic oxidation sites excluding steroid dienone is 2. The van der Waals surface area contributed by atoms with Gasteiger partial charge in [0.15, 0.2) is 5.78 Å². The lowest BCUT2D eigenvalue weighted by Gasteiger charge is -2.39. The Hall–Kier alpha value is -6.15. The summed E-state index contributed by atoms with van der Waals surface area (Å²) in [5.74, 6) is -3.75. The third-order valence-electron chi connectivity index (χ3n) is 10.2. The summed E-state index contributed by atoms with van der Waals surface area (Å²) in [5.41, 5.74) is 0.166. The van der Waals surface area contributed by atoms with Crippen molar-refractivity contribution in [3.8, 4) is 5.75 Å². The molecule has 4 atom stereocenters. The van der Waals surface area contributed by atoms with Crippen LogP contribution in [-0.2, 0) is 25.2 Å². The van der Waals surface area contributed by atoms with Crippen molar-refractivity contribution in [3.63, 3.8) is 0 Å². The number of hydrogen-bond acceptors (Lipinski definition) is 6. The Morgan fingerprint density at radius 2 is 1.04 bits per heavy atom. The molecule has 0 spiro atoms. The highest BCUT2D eigenvalue weighted by Crippen LogP contribution is 2.74. The first kappa shape index (κ1) is 29.3. The first-order valence-electron chi connectivity index (χ1n) is 15.6. The molecule has 3 aliphatic rings. The van der Waals surface area contributed by atoms with E-state index in [4.69, 9.17) is 4.74 Å². The number of ether oxygens (including phenoxy) is 1. The molecule has 0 N–H and O–H groups in total. The van der Waals surface area contributed by atoms with Gasteiger partial charge in [-0.2, -0.15) is 0 Å². The molecule has 2 amide bonds. The Bertz CT molecular complexity index is 2050. The normalized spacial score (nSPS) is 24.3. The van der Waals surface area contributed by atoms with Gasteiger partial charge < -0.3 is 4.74 Å².